The molecule has 1 aliphatic heterocycles. The van der Waals surface area contributed by atoms with Crippen LogP contribution in [0.1, 0.15) is 18.3 Å². The molecule has 1 aliphatic rings. The summed E-state index contributed by atoms with van der Waals surface area (Å²) in [5.74, 6) is 3.71. The summed E-state index contributed by atoms with van der Waals surface area (Å²) >= 11 is 11.4. The van der Waals surface area contributed by atoms with Gasteiger partial charge in [-0.1, -0.05) is 0 Å². The van der Waals surface area contributed by atoms with Crippen LogP contribution in [0.15, 0.2) is 16.7 Å². The monoisotopic (exact) mass is 331 g/mol. The Bertz CT molecular complexity index is 551. The highest BCUT2D eigenvalue weighted by atomic mass is 79.9. The molecule has 3 heterocycles. The fourth-order valence-corrected chi connectivity index (χ4v) is 3.91. The van der Waals surface area contributed by atoms with E-state index in [9.17, 15) is 0 Å². The fraction of sp³-hybridized carbons (Fsp3) is 0.455. The smallest absolute Gasteiger partial charge is 0.160 e. The van der Waals surface area contributed by atoms with Crippen LogP contribution in [-0.2, 0) is 5.88 Å². The molecule has 0 saturated carbocycles. The summed E-state index contributed by atoms with van der Waals surface area (Å²) in [5, 5.41) is 0. The van der Waals surface area contributed by atoms with Crippen LogP contribution < -0.4 is 0 Å². The van der Waals surface area contributed by atoms with Gasteiger partial charge >= 0.3 is 0 Å². The van der Waals surface area contributed by atoms with Crippen molar-refractivity contribution >= 4 is 50.5 Å². The molecule has 2 aromatic heterocycles. The molecule has 3 rings (SSSR count). The van der Waals surface area contributed by atoms with E-state index in [0.717, 1.165) is 27.2 Å². The van der Waals surface area contributed by atoms with E-state index in [1.165, 1.54) is 12.2 Å². The van der Waals surface area contributed by atoms with Crippen LogP contribution in [-0.4, -0.2) is 26.0 Å². The van der Waals surface area contributed by atoms with Crippen LogP contribution in [0.3, 0.4) is 0 Å². The first-order chi connectivity index (χ1) is 8.29. The summed E-state index contributed by atoms with van der Waals surface area (Å²) in [4.78, 5) is 9.05. The highest BCUT2D eigenvalue weighted by Crippen LogP contribution is 2.32. The van der Waals surface area contributed by atoms with Crippen LogP contribution in [0.4, 0.5) is 0 Å². The third-order valence-electron chi connectivity index (χ3n) is 2.96. The van der Waals surface area contributed by atoms with Gasteiger partial charge in [0.15, 0.2) is 5.65 Å². The summed E-state index contributed by atoms with van der Waals surface area (Å²) in [6, 6.07) is 2.49. The molecule has 0 spiro atoms. The summed E-state index contributed by atoms with van der Waals surface area (Å²) in [6.45, 7) is 0. The van der Waals surface area contributed by atoms with Crippen molar-refractivity contribution in [2.24, 2.45) is 0 Å². The normalized spacial score (nSPS) is 20.2. The summed E-state index contributed by atoms with van der Waals surface area (Å²) in [6.07, 6.45) is 3.00. The second-order valence-corrected chi connectivity index (χ2v) is 6.38. The van der Waals surface area contributed by atoms with E-state index in [4.69, 9.17) is 11.6 Å². The van der Waals surface area contributed by atoms with Gasteiger partial charge in [-0.05, 0) is 34.2 Å². The van der Waals surface area contributed by atoms with E-state index >= 15 is 0 Å². The van der Waals surface area contributed by atoms with Crippen LogP contribution >= 0.6 is 39.3 Å². The topological polar surface area (TPSA) is 30.7 Å². The van der Waals surface area contributed by atoms with Gasteiger partial charge in [-0.2, -0.15) is 11.8 Å². The molecular formula is C11H11BrClN3S. The van der Waals surface area contributed by atoms with Crippen LogP contribution in [0.2, 0.25) is 0 Å². The first-order valence-electron chi connectivity index (χ1n) is 5.45. The van der Waals surface area contributed by atoms with E-state index < -0.39 is 0 Å². The van der Waals surface area contributed by atoms with E-state index in [1.807, 2.05) is 24.0 Å². The lowest BCUT2D eigenvalue weighted by atomic mass is 10.2. The predicted octanol–water partition coefficient (Wildman–Crippen LogP) is 3.61. The van der Waals surface area contributed by atoms with Gasteiger partial charge in [0.1, 0.15) is 11.3 Å². The number of hydrogen-bond acceptors (Lipinski definition) is 3. The number of thioether (sulfide) groups is 1. The molecule has 6 heteroatoms. The molecule has 0 amide bonds. The third-order valence-corrected chi connectivity index (χ3v) is 4.78. The Morgan fingerprint density at radius 1 is 1.59 bits per heavy atom. The zero-order valence-corrected chi connectivity index (χ0v) is 12.2. The molecule has 1 atom stereocenters. The first kappa shape index (κ1) is 11.8. The number of pyridine rings is 1. The second-order valence-electron chi connectivity index (χ2n) is 4.05. The van der Waals surface area contributed by atoms with E-state index in [0.29, 0.717) is 11.9 Å². The number of nitrogens with zero attached hydrogens (tertiary/aromatic N) is 3. The molecule has 0 N–H and O–H groups in total. The molecule has 17 heavy (non-hydrogen) atoms. The lowest BCUT2D eigenvalue weighted by molar-refractivity contribution is 0.555. The van der Waals surface area contributed by atoms with Gasteiger partial charge in [-0.25, -0.2) is 9.97 Å². The van der Waals surface area contributed by atoms with Crippen molar-refractivity contribution in [3.05, 3.63) is 22.6 Å². The van der Waals surface area contributed by atoms with Crippen molar-refractivity contribution in [1.82, 2.24) is 14.5 Å². The molecular weight excluding hydrogens is 322 g/mol. The maximum atomic E-state index is 5.99. The highest BCUT2D eigenvalue weighted by Gasteiger charge is 2.23. The Kier molecular flexibility index (Phi) is 3.32. The van der Waals surface area contributed by atoms with Crippen molar-refractivity contribution in [3.8, 4) is 0 Å². The van der Waals surface area contributed by atoms with E-state index in [-0.39, 0.29) is 0 Å². The zero-order valence-electron chi connectivity index (χ0n) is 9.07. The van der Waals surface area contributed by atoms with Gasteiger partial charge in [0.05, 0.1) is 5.88 Å². The molecule has 2 aromatic rings. The minimum Gasteiger partial charge on any atom is -0.308 e. The van der Waals surface area contributed by atoms with Crippen LogP contribution in [0.25, 0.3) is 11.2 Å². The summed E-state index contributed by atoms with van der Waals surface area (Å²) in [7, 11) is 0. The van der Waals surface area contributed by atoms with Gasteiger partial charge in [-0.3, -0.25) is 0 Å². The molecule has 0 aromatic carbocycles. The third kappa shape index (κ3) is 2.09. The average molecular weight is 333 g/mol. The van der Waals surface area contributed by atoms with E-state index in [2.05, 4.69) is 30.5 Å². The number of hydrogen-bond donors (Lipinski definition) is 0. The molecule has 3 nitrogen and oxygen atoms in total. The minimum atomic E-state index is 0.440. The number of aromatic nitrogens is 3. The Hall–Kier alpha value is -0.260. The highest BCUT2D eigenvalue weighted by molar-refractivity contribution is 9.10. The maximum absolute atomic E-state index is 5.99. The fourth-order valence-electron chi connectivity index (χ4n) is 2.21. The van der Waals surface area contributed by atoms with Gasteiger partial charge in [-0.15, -0.1) is 11.6 Å². The second kappa shape index (κ2) is 4.78. The largest absolute Gasteiger partial charge is 0.308 e. The standard InChI is InChI=1S/C11H11BrClN3S/c12-7-3-9-11(14-5-7)16(10(4-13)15-9)8-1-2-17-6-8/h3,5,8H,1-2,4,6H2. The van der Waals surface area contributed by atoms with Gasteiger partial charge in [0.25, 0.3) is 0 Å². The first-order valence-corrected chi connectivity index (χ1v) is 7.94. The Morgan fingerprint density at radius 2 is 2.47 bits per heavy atom. The van der Waals surface area contributed by atoms with Crippen LogP contribution in [0, 0.1) is 0 Å². The number of imidazole rings is 1. The Balaban J connectivity index is 2.19. The molecule has 0 bridgehead atoms. The summed E-state index contributed by atoms with van der Waals surface area (Å²) in [5.41, 5.74) is 1.88. The molecule has 0 radical (unpaired) electrons. The van der Waals surface area contributed by atoms with Crippen molar-refractivity contribution < 1.29 is 0 Å². The number of halogens is 2. The molecule has 1 unspecified atom stereocenters. The van der Waals surface area contributed by atoms with Gasteiger partial charge in [0.2, 0.25) is 0 Å². The number of fused-ring (bicyclic) bond motifs is 1. The predicted molar refractivity (Wildman–Crippen MR) is 75.8 cm³/mol. The van der Waals surface area contributed by atoms with Crippen molar-refractivity contribution in [2.75, 3.05) is 11.5 Å². The lowest BCUT2D eigenvalue weighted by Crippen LogP contribution is -2.11. The van der Waals surface area contributed by atoms with Crippen molar-refractivity contribution in [3.63, 3.8) is 0 Å². The van der Waals surface area contributed by atoms with Crippen molar-refractivity contribution in [2.45, 2.75) is 18.3 Å². The van der Waals surface area contributed by atoms with E-state index in [1.54, 1.807) is 0 Å². The lowest BCUT2D eigenvalue weighted by Gasteiger charge is -2.13. The molecule has 1 saturated heterocycles. The zero-order chi connectivity index (χ0) is 11.8. The Labute approximate surface area is 117 Å². The quantitative estimate of drug-likeness (QED) is 0.787. The maximum Gasteiger partial charge on any atom is 0.160 e. The number of alkyl halides is 1. The Morgan fingerprint density at radius 3 is 3.18 bits per heavy atom. The van der Waals surface area contributed by atoms with Crippen molar-refractivity contribution in [1.29, 1.82) is 0 Å². The molecule has 90 valence electrons. The molecule has 1 fully saturated rings. The SMILES string of the molecule is ClCc1nc2cc(Br)cnc2n1C1CCSC1. The molecule has 0 aliphatic carbocycles. The van der Waals surface area contributed by atoms with Crippen LogP contribution in [0.5, 0.6) is 0 Å². The average Bonchev–Trinajstić information content (AvgIpc) is 2.93. The number of rotatable bonds is 2. The minimum absolute atomic E-state index is 0.440. The summed E-state index contributed by atoms with van der Waals surface area (Å²) < 4.78 is 3.17. The van der Waals surface area contributed by atoms with Gasteiger partial charge in [0, 0.05) is 22.5 Å². The van der Waals surface area contributed by atoms with Gasteiger partial charge < -0.3 is 4.57 Å².